The van der Waals surface area contributed by atoms with Crippen molar-refractivity contribution in [2.24, 2.45) is 11.8 Å². The topological polar surface area (TPSA) is 18.5 Å². The molecule has 40 heavy (non-hydrogen) atoms. The van der Waals surface area contributed by atoms with Crippen LogP contribution >= 0.6 is 0 Å². The number of aryl methyl sites for hydroxylation is 4. The standard InChI is InChI=1S/C38H48O2/c1-4-28-14-6-7-17-31(28)24-39-25-40-38-35(32-18-10-5-13-27(32)3)21-26(2)22-36(38)37-33-19-11-8-15-29(33)23-30-16-9-12-20-34(30)37/h5,10,13,18,21-23,28,31H,4,6-9,11-12,14-17,19-20,24-25H2,1-3H3. The van der Waals surface area contributed by atoms with E-state index in [1.165, 1.54) is 117 Å². The monoisotopic (exact) mass is 536 g/mol. The summed E-state index contributed by atoms with van der Waals surface area (Å²) >= 11 is 0. The molecule has 0 N–H and O–H groups in total. The Morgan fingerprint density at radius 1 is 0.700 bits per heavy atom. The smallest absolute Gasteiger partial charge is 0.189 e. The second-order valence-corrected chi connectivity index (χ2v) is 12.8. The second kappa shape index (κ2) is 12.5. The maximum atomic E-state index is 6.81. The first-order chi connectivity index (χ1) is 19.6. The van der Waals surface area contributed by atoms with Gasteiger partial charge >= 0.3 is 0 Å². The normalized spacial score (nSPS) is 20.6. The van der Waals surface area contributed by atoms with Crippen LogP contribution in [0.2, 0.25) is 0 Å². The Morgan fingerprint density at radius 3 is 2.05 bits per heavy atom. The number of fused-ring (bicyclic) bond motifs is 2. The lowest BCUT2D eigenvalue weighted by atomic mass is 9.76. The molecule has 6 rings (SSSR count). The Morgan fingerprint density at radius 2 is 1.35 bits per heavy atom. The summed E-state index contributed by atoms with van der Waals surface area (Å²) in [7, 11) is 0. The minimum absolute atomic E-state index is 0.319. The van der Waals surface area contributed by atoms with E-state index >= 15 is 0 Å². The molecule has 2 atom stereocenters. The van der Waals surface area contributed by atoms with Crippen molar-refractivity contribution in [3.05, 3.63) is 75.8 Å². The maximum Gasteiger partial charge on any atom is 0.189 e. The van der Waals surface area contributed by atoms with Gasteiger partial charge in [-0.2, -0.15) is 0 Å². The highest BCUT2D eigenvalue weighted by molar-refractivity contribution is 5.88. The average Bonchev–Trinajstić information content (AvgIpc) is 2.99. The summed E-state index contributed by atoms with van der Waals surface area (Å²) in [5.41, 5.74) is 14.2. The molecule has 1 saturated carbocycles. The SMILES string of the molecule is CCC1CCCCC1COCOc1c(-c2ccccc2C)cc(C)cc1-c1c2c(cc3c1CCCC3)CCCC2. The molecule has 3 aromatic rings. The van der Waals surface area contributed by atoms with Gasteiger partial charge in [-0.05, 0) is 140 Å². The lowest BCUT2D eigenvalue weighted by Gasteiger charge is -2.31. The van der Waals surface area contributed by atoms with E-state index < -0.39 is 0 Å². The summed E-state index contributed by atoms with van der Waals surface area (Å²) in [6.07, 6.45) is 16.6. The zero-order valence-electron chi connectivity index (χ0n) is 25.1. The molecule has 0 aromatic heterocycles. The molecule has 2 nitrogen and oxygen atoms in total. The fourth-order valence-corrected chi connectivity index (χ4v) is 8.00. The summed E-state index contributed by atoms with van der Waals surface area (Å²) < 4.78 is 13.2. The number of hydrogen-bond acceptors (Lipinski definition) is 2. The van der Waals surface area contributed by atoms with Crippen molar-refractivity contribution in [2.75, 3.05) is 13.4 Å². The van der Waals surface area contributed by atoms with Crippen LogP contribution in [0.25, 0.3) is 22.3 Å². The fourth-order valence-electron chi connectivity index (χ4n) is 8.00. The lowest BCUT2D eigenvalue weighted by Crippen LogP contribution is -2.24. The van der Waals surface area contributed by atoms with Gasteiger partial charge in [0, 0.05) is 11.1 Å². The van der Waals surface area contributed by atoms with Crippen molar-refractivity contribution in [3.63, 3.8) is 0 Å². The molecule has 3 aliphatic carbocycles. The van der Waals surface area contributed by atoms with Crippen molar-refractivity contribution in [3.8, 4) is 28.0 Å². The van der Waals surface area contributed by atoms with E-state index in [0.717, 1.165) is 18.3 Å². The first-order valence-electron chi connectivity index (χ1n) is 16.2. The Hall–Kier alpha value is -2.58. The van der Waals surface area contributed by atoms with Gasteiger partial charge in [0.05, 0.1) is 6.61 Å². The van der Waals surface area contributed by atoms with Crippen LogP contribution in [0.15, 0.2) is 42.5 Å². The third-order valence-electron chi connectivity index (χ3n) is 10.1. The second-order valence-electron chi connectivity index (χ2n) is 12.8. The predicted octanol–water partition coefficient (Wildman–Crippen LogP) is 9.96. The van der Waals surface area contributed by atoms with E-state index in [4.69, 9.17) is 9.47 Å². The van der Waals surface area contributed by atoms with Crippen LogP contribution in [0.4, 0.5) is 0 Å². The zero-order valence-corrected chi connectivity index (χ0v) is 25.1. The van der Waals surface area contributed by atoms with Gasteiger partial charge in [-0.25, -0.2) is 0 Å². The lowest BCUT2D eigenvalue weighted by molar-refractivity contribution is -0.0193. The Bertz CT molecular complexity index is 1300. The van der Waals surface area contributed by atoms with Gasteiger partial charge in [-0.1, -0.05) is 62.9 Å². The summed E-state index contributed by atoms with van der Waals surface area (Å²) in [5.74, 6) is 2.49. The molecule has 0 saturated heterocycles. The van der Waals surface area contributed by atoms with Crippen molar-refractivity contribution in [1.82, 2.24) is 0 Å². The van der Waals surface area contributed by atoms with E-state index in [-0.39, 0.29) is 0 Å². The molecule has 3 aliphatic rings. The molecule has 0 heterocycles. The Balaban J connectivity index is 1.43. The molecule has 3 aromatic carbocycles. The first kappa shape index (κ1) is 27.6. The van der Waals surface area contributed by atoms with E-state index in [2.05, 4.69) is 63.2 Å². The summed E-state index contributed by atoms with van der Waals surface area (Å²) in [5, 5.41) is 0. The Kier molecular flexibility index (Phi) is 8.63. The van der Waals surface area contributed by atoms with Crippen LogP contribution in [0.3, 0.4) is 0 Å². The molecule has 1 fully saturated rings. The van der Waals surface area contributed by atoms with Crippen LogP contribution in [-0.2, 0) is 30.4 Å². The van der Waals surface area contributed by atoms with Gasteiger partial charge in [0.15, 0.2) is 6.79 Å². The van der Waals surface area contributed by atoms with Gasteiger partial charge in [0.1, 0.15) is 5.75 Å². The Labute approximate surface area is 242 Å². The molecule has 0 bridgehead atoms. The van der Waals surface area contributed by atoms with Gasteiger partial charge in [0.25, 0.3) is 0 Å². The van der Waals surface area contributed by atoms with Crippen molar-refractivity contribution in [2.45, 2.75) is 104 Å². The number of hydrogen-bond donors (Lipinski definition) is 0. The molecule has 212 valence electrons. The van der Waals surface area contributed by atoms with E-state index in [9.17, 15) is 0 Å². The summed E-state index contributed by atoms with van der Waals surface area (Å²) in [4.78, 5) is 0. The zero-order chi connectivity index (χ0) is 27.5. The van der Waals surface area contributed by atoms with Gasteiger partial charge < -0.3 is 9.47 Å². The van der Waals surface area contributed by atoms with Crippen LogP contribution in [-0.4, -0.2) is 13.4 Å². The molecular formula is C38H48O2. The molecule has 2 heteroatoms. The maximum absolute atomic E-state index is 6.81. The molecule has 0 radical (unpaired) electrons. The highest BCUT2D eigenvalue weighted by atomic mass is 16.7. The van der Waals surface area contributed by atoms with Crippen LogP contribution in [0.1, 0.15) is 98.1 Å². The van der Waals surface area contributed by atoms with Crippen LogP contribution in [0.5, 0.6) is 5.75 Å². The molecule has 2 unspecified atom stereocenters. The van der Waals surface area contributed by atoms with Crippen molar-refractivity contribution < 1.29 is 9.47 Å². The molecule has 0 spiro atoms. The predicted molar refractivity (Wildman–Crippen MR) is 167 cm³/mol. The first-order valence-corrected chi connectivity index (χ1v) is 16.2. The minimum atomic E-state index is 0.319. The van der Waals surface area contributed by atoms with E-state index in [1.54, 1.807) is 22.3 Å². The number of rotatable bonds is 8. The van der Waals surface area contributed by atoms with Crippen molar-refractivity contribution >= 4 is 0 Å². The number of benzene rings is 3. The van der Waals surface area contributed by atoms with Crippen LogP contribution in [0, 0.1) is 25.7 Å². The third kappa shape index (κ3) is 5.62. The quantitative estimate of drug-likeness (QED) is 0.211. The van der Waals surface area contributed by atoms with Gasteiger partial charge in [-0.15, -0.1) is 0 Å². The average molecular weight is 537 g/mol. The van der Waals surface area contributed by atoms with Gasteiger partial charge in [-0.3, -0.25) is 0 Å². The van der Waals surface area contributed by atoms with Gasteiger partial charge in [0.2, 0.25) is 0 Å². The molecular weight excluding hydrogens is 488 g/mol. The third-order valence-corrected chi connectivity index (χ3v) is 10.1. The van der Waals surface area contributed by atoms with E-state index in [1.807, 2.05) is 0 Å². The largest absolute Gasteiger partial charge is 0.466 e. The summed E-state index contributed by atoms with van der Waals surface area (Å²) in [6, 6.07) is 16.1. The van der Waals surface area contributed by atoms with Crippen molar-refractivity contribution in [1.29, 1.82) is 0 Å². The minimum Gasteiger partial charge on any atom is -0.466 e. The molecule has 0 aliphatic heterocycles. The highest BCUT2D eigenvalue weighted by Crippen LogP contribution is 2.47. The number of ether oxygens (including phenoxy) is 2. The molecule has 0 amide bonds. The fraction of sp³-hybridized carbons (Fsp3) is 0.526. The van der Waals surface area contributed by atoms with Crippen LogP contribution < -0.4 is 4.74 Å². The highest BCUT2D eigenvalue weighted by Gasteiger charge is 2.27. The van der Waals surface area contributed by atoms with E-state index in [0.29, 0.717) is 12.7 Å². The summed E-state index contributed by atoms with van der Waals surface area (Å²) in [6.45, 7) is 7.95.